The quantitative estimate of drug-likeness (QED) is 0.511. The average Bonchev–Trinajstić information content (AvgIpc) is 1.81. The van der Waals surface area contributed by atoms with Crippen LogP contribution in [-0.4, -0.2) is 18.9 Å². The lowest BCUT2D eigenvalue weighted by Crippen LogP contribution is -2.20. The van der Waals surface area contributed by atoms with Gasteiger partial charge in [0.05, 0.1) is 0 Å². The van der Waals surface area contributed by atoms with Crippen LogP contribution < -0.4 is 5.73 Å². The maximum absolute atomic E-state index is 10.6. The van der Waals surface area contributed by atoms with Gasteiger partial charge < -0.3 is 5.73 Å². The van der Waals surface area contributed by atoms with E-state index in [1.54, 1.807) is 0 Å². The zero-order chi connectivity index (χ0) is 10.6. The lowest BCUT2D eigenvalue weighted by Gasteiger charge is -2.01. The second-order valence-corrected chi connectivity index (χ2v) is 4.43. The van der Waals surface area contributed by atoms with Crippen molar-refractivity contribution in [3.63, 3.8) is 0 Å². The molecule has 0 aliphatic carbocycles. The Morgan fingerprint density at radius 3 is 2.23 bits per heavy atom. The monoisotopic (exact) mass is 207 g/mol. The first kappa shape index (κ1) is 12.1. The number of rotatable bonds is 4. The number of primary amides is 1. The lowest BCUT2D eigenvalue weighted by molar-refractivity contribution is -0.114. The topological polar surface area (TPSA) is 97.5 Å². The molecule has 1 amide bonds. The molecule has 3 N–H and O–H groups in total. The third-order valence-electron chi connectivity index (χ3n) is 1.30. The Morgan fingerprint density at radius 1 is 1.54 bits per heavy atom. The summed E-state index contributed by atoms with van der Waals surface area (Å²) < 4.78 is 29.7. The van der Waals surface area contributed by atoms with Gasteiger partial charge in [0.15, 0.2) is 4.91 Å². The highest BCUT2D eigenvalue weighted by molar-refractivity contribution is 7.90. The van der Waals surface area contributed by atoms with Crippen molar-refractivity contribution < 1.29 is 17.8 Å². The van der Waals surface area contributed by atoms with E-state index in [0.717, 1.165) is 6.08 Å². The number of hydrogen-bond acceptors (Lipinski definition) is 3. The predicted octanol–water partition coefficient (Wildman–Crippen LogP) is 0.290. The second-order valence-electron chi connectivity index (χ2n) is 3.04. The fraction of sp³-hybridized carbons (Fsp3) is 0.571. The number of hydrogen-bond donors (Lipinski definition) is 2. The normalized spacial score (nSPS) is 13.4. The van der Waals surface area contributed by atoms with Crippen LogP contribution in [0.2, 0.25) is 0 Å². The molecule has 0 saturated heterocycles. The fourth-order valence-electron chi connectivity index (χ4n) is 0.676. The van der Waals surface area contributed by atoms with Gasteiger partial charge in [0.25, 0.3) is 16.0 Å². The van der Waals surface area contributed by atoms with E-state index in [1.807, 2.05) is 13.8 Å². The molecular formula is C7H13NO4S. The summed E-state index contributed by atoms with van der Waals surface area (Å²) in [5.74, 6) is -0.945. The molecule has 5 nitrogen and oxygen atoms in total. The van der Waals surface area contributed by atoms with Gasteiger partial charge in [0, 0.05) is 0 Å². The van der Waals surface area contributed by atoms with Gasteiger partial charge in [-0.1, -0.05) is 19.9 Å². The molecule has 0 aromatic carbocycles. The van der Waals surface area contributed by atoms with Crippen molar-refractivity contribution in [2.24, 2.45) is 11.7 Å². The fourth-order valence-corrected chi connectivity index (χ4v) is 1.24. The molecule has 0 saturated carbocycles. The highest BCUT2D eigenvalue weighted by atomic mass is 32.2. The maximum atomic E-state index is 10.6. The Morgan fingerprint density at radius 2 is 2.00 bits per heavy atom. The zero-order valence-electron chi connectivity index (χ0n) is 7.52. The third kappa shape index (κ3) is 4.64. The minimum absolute atomic E-state index is 0.191. The molecule has 0 heterocycles. The Kier molecular flexibility index (Phi) is 4.09. The van der Waals surface area contributed by atoms with Crippen molar-refractivity contribution in [3.8, 4) is 0 Å². The van der Waals surface area contributed by atoms with Crippen molar-refractivity contribution >= 4 is 16.0 Å². The van der Waals surface area contributed by atoms with Gasteiger partial charge in [0.1, 0.15) is 0 Å². The molecule has 0 bridgehead atoms. The summed E-state index contributed by atoms with van der Waals surface area (Å²) in [6, 6.07) is 0. The minimum atomic E-state index is -4.47. The molecule has 6 heteroatoms. The highest BCUT2D eigenvalue weighted by Crippen LogP contribution is 2.08. The van der Waals surface area contributed by atoms with Crippen molar-refractivity contribution in [1.29, 1.82) is 0 Å². The van der Waals surface area contributed by atoms with E-state index in [9.17, 15) is 13.2 Å². The predicted molar refractivity (Wildman–Crippen MR) is 48.3 cm³/mol. The van der Waals surface area contributed by atoms with Gasteiger partial charge >= 0.3 is 0 Å². The van der Waals surface area contributed by atoms with E-state index in [4.69, 9.17) is 10.3 Å². The van der Waals surface area contributed by atoms with E-state index in [-0.39, 0.29) is 5.92 Å². The van der Waals surface area contributed by atoms with E-state index in [0.29, 0.717) is 6.42 Å². The first-order valence-corrected chi connectivity index (χ1v) is 5.16. The largest absolute Gasteiger partial charge is 0.365 e. The molecule has 0 unspecified atom stereocenters. The lowest BCUT2D eigenvalue weighted by atomic mass is 10.1. The summed E-state index contributed by atoms with van der Waals surface area (Å²) in [6.45, 7) is 3.69. The van der Waals surface area contributed by atoms with Crippen LogP contribution in [0.4, 0.5) is 0 Å². The molecular weight excluding hydrogens is 194 g/mol. The molecule has 0 atom stereocenters. The first-order valence-electron chi connectivity index (χ1n) is 3.72. The van der Waals surface area contributed by atoms with Crippen molar-refractivity contribution in [2.75, 3.05) is 0 Å². The van der Waals surface area contributed by atoms with Crippen LogP contribution in [-0.2, 0) is 14.9 Å². The van der Waals surface area contributed by atoms with Gasteiger partial charge in [-0.15, -0.1) is 0 Å². The van der Waals surface area contributed by atoms with Crippen LogP contribution in [0, 0.1) is 5.92 Å². The molecule has 0 rings (SSSR count). The van der Waals surface area contributed by atoms with Gasteiger partial charge in [-0.2, -0.15) is 8.42 Å². The summed E-state index contributed by atoms with van der Waals surface area (Å²) in [5, 5.41) is 0. The molecule has 0 aliphatic heterocycles. The number of carbonyl (C=O) groups excluding carboxylic acids is 1. The zero-order valence-corrected chi connectivity index (χ0v) is 8.34. The minimum Gasteiger partial charge on any atom is -0.365 e. The summed E-state index contributed by atoms with van der Waals surface area (Å²) in [6.07, 6.45) is 1.50. The van der Waals surface area contributed by atoms with Gasteiger partial charge in [0.2, 0.25) is 0 Å². The number of allylic oxidation sites excluding steroid dienone is 1. The van der Waals surface area contributed by atoms with Crippen molar-refractivity contribution in [3.05, 3.63) is 11.0 Å². The Balaban J connectivity index is 4.84. The van der Waals surface area contributed by atoms with Crippen molar-refractivity contribution in [1.82, 2.24) is 0 Å². The molecule has 0 spiro atoms. The van der Waals surface area contributed by atoms with Crippen LogP contribution in [0.3, 0.4) is 0 Å². The van der Waals surface area contributed by atoms with E-state index in [2.05, 4.69) is 0 Å². The highest BCUT2D eigenvalue weighted by Gasteiger charge is 2.19. The van der Waals surface area contributed by atoms with E-state index in [1.165, 1.54) is 0 Å². The van der Waals surface area contributed by atoms with Crippen LogP contribution >= 0.6 is 0 Å². The summed E-state index contributed by atoms with van der Waals surface area (Å²) in [5.41, 5.74) is 4.76. The molecule has 0 fully saturated rings. The molecule has 0 aliphatic rings. The number of nitrogens with two attached hydrogens (primary N) is 1. The summed E-state index contributed by atoms with van der Waals surface area (Å²) in [4.78, 5) is 9.84. The maximum Gasteiger partial charge on any atom is 0.299 e. The standard InChI is InChI=1S/C7H13NO4S/c1-5(2)3-4-6(7(8)9)13(10,11)12/h4-5H,3H2,1-2H3,(H2,8,9)(H,10,11,12)/b6-4+. The van der Waals surface area contributed by atoms with Crippen LogP contribution in [0.25, 0.3) is 0 Å². The van der Waals surface area contributed by atoms with Crippen LogP contribution in [0.15, 0.2) is 11.0 Å². The summed E-state index contributed by atoms with van der Waals surface area (Å²) >= 11 is 0. The van der Waals surface area contributed by atoms with Gasteiger partial charge in [-0.3, -0.25) is 9.35 Å². The Hall–Kier alpha value is -0.880. The number of carbonyl (C=O) groups is 1. The third-order valence-corrected chi connectivity index (χ3v) is 2.22. The van der Waals surface area contributed by atoms with Crippen LogP contribution in [0.1, 0.15) is 20.3 Å². The smallest absolute Gasteiger partial charge is 0.299 e. The summed E-state index contributed by atoms with van der Waals surface area (Å²) in [7, 11) is -4.47. The SMILES string of the molecule is CC(C)C/C=C(\C(N)=O)S(=O)(=O)O. The Bertz CT molecular complexity index is 315. The van der Waals surface area contributed by atoms with E-state index >= 15 is 0 Å². The average molecular weight is 207 g/mol. The number of amides is 1. The molecule has 76 valence electrons. The second kappa shape index (κ2) is 4.38. The van der Waals surface area contributed by atoms with Crippen molar-refractivity contribution in [2.45, 2.75) is 20.3 Å². The molecule has 0 radical (unpaired) electrons. The molecule has 0 aromatic rings. The molecule has 13 heavy (non-hydrogen) atoms. The van der Waals surface area contributed by atoms with Gasteiger partial charge in [-0.25, -0.2) is 0 Å². The van der Waals surface area contributed by atoms with Gasteiger partial charge in [-0.05, 0) is 12.3 Å². The Labute approximate surface area is 77.4 Å². The molecule has 0 aromatic heterocycles. The van der Waals surface area contributed by atoms with E-state index < -0.39 is 20.9 Å². The van der Waals surface area contributed by atoms with Crippen LogP contribution in [0.5, 0.6) is 0 Å². The first-order chi connectivity index (χ1) is 5.75.